The molecule has 15 nitrogen and oxygen atoms in total. The minimum absolute atomic E-state index is 0.0381. The summed E-state index contributed by atoms with van der Waals surface area (Å²) >= 11 is 1.38. The number of aromatic nitrogens is 12. The standard InChI is InChI=1S/C22H24FN7OS.C22H24FN7S/c1-13(2)17-10-16(23)11-18(15-6-5-8-24-12-15)20(17)25-21-26-22(28-27-21)32(31)19-7-9-30(29-19)14(3)4;1-13(2)17-10-16(23)11-18(15-6-5-8-24-12-15)20(17)25-21-26-22(28-27-21)31-19-7-9-30(29-19)14(3)4/h5-14H,1-4H3,(H2,25,26,27,28);5-14H,1-4H3,(H2,25,26,27,28). The van der Waals surface area contributed by atoms with Crippen molar-refractivity contribution in [2.75, 3.05) is 10.6 Å². The van der Waals surface area contributed by atoms with Crippen molar-refractivity contribution in [3.05, 3.63) is 121 Å². The average Bonchev–Trinajstić information content (AvgIpc) is 4.11. The molecule has 0 saturated heterocycles. The number of halogens is 2. The number of hydrogen-bond donors (Lipinski definition) is 4. The number of nitrogens with one attached hydrogen (secondary N) is 4. The van der Waals surface area contributed by atoms with Crippen LogP contribution in [0, 0.1) is 11.6 Å². The maximum atomic E-state index is 14.4. The smallest absolute Gasteiger partial charge is 0.247 e. The van der Waals surface area contributed by atoms with Crippen molar-refractivity contribution in [2.45, 2.75) is 99.7 Å². The Morgan fingerprint density at radius 1 is 0.683 bits per heavy atom. The van der Waals surface area contributed by atoms with Gasteiger partial charge >= 0.3 is 0 Å². The molecule has 8 rings (SSSR count). The molecule has 0 saturated carbocycles. The summed E-state index contributed by atoms with van der Waals surface area (Å²) in [7, 11) is -1.61. The summed E-state index contributed by atoms with van der Waals surface area (Å²) in [6.07, 6.45) is 10.5. The molecule has 0 radical (unpaired) electrons. The molecule has 6 heterocycles. The highest BCUT2D eigenvalue weighted by Gasteiger charge is 2.21. The molecule has 1 unspecified atom stereocenters. The third-order valence-corrected chi connectivity index (χ3v) is 11.6. The molecule has 6 aromatic heterocycles. The van der Waals surface area contributed by atoms with E-state index in [4.69, 9.17) is 0 Å². The Morgan fingerprint density at radius 2 is 1.25 bits per heavy atom. The zero-order valence-corrected chi connectivity index (χ0v) is 37.6. The molecule has 0 aliphatic carbocycles. The average molecular weight is 891 g/mol. The largest absolute Gasteiger partial charge is 0.324 e. The molecule has 0 aliphatic rings. The number of hydrogen-bond acceptors (Lipinski definition) is 12. The number of pyridine rings is 2. The molecule has 326 valence electrons. The van der Waals surface area contributed by atoms with Gasteiger partial charge in [-0.1, -0.05) is 39.8 Å². The Kier molecular flexibility index (Phi) is 13.8. The van der Waals surface area contributed by atoms with Crippen molar-refractivity contribution in [1.82, 2.24) is 59.9 Å². The van der Waals surface area contributed by atoms with E-state index in [1.54, 1.807) is 53.9 Å². The Balaban J connectivity index is 0.000000189. The van der Waals surface area contributed by atoms with Gasteiger partial charge in [-0.25, -0.2) is 23.2 Å². The number of benzene rings is 2. The first-order chi connectivity index (χ1) is 30.2. The van der Waals surface area contributed by atoms with Crippen molar-refractivity contribution in [3.63, 3.8) is 0 Å². The molecular weight excluding hydrogens is 843 g/mol. The lowest BCUT2D eigenvalue weighted by Crippen LogP contribution is -2.04. The van der Waals surface area contributed by atoms with E-state index in [-0.39, 0.29) is 46.7 Å². The van der Waals surface area contributed by atoms with Gasteiger partial charge < -0.3 is 10.6 Å². The molecule has 63 heavy (non-hydrogen) atoms. The van der Waals surface area contributed by atoms with Gasteiger partial charge in [0.2, 0.25) is 22.2 Å². The van der Waals surface area contributed by atoms with Crippen LogP contribution in [0.2, 0.25) is 0 Å². The van der Waals surface area contributed by atoms with Crippen molar-refractivity contribution in [1.29, 1.82) is 0 Å². The van der Waals surface area contributed by atoms with E-state index >= 15 is 0 Å². The van der Waals surface area contributed by atoms with Gasteiger partial charge in [0, 0.05) is 71.5 Å². The lowest BCUT2D eigenvalue weighted by molar-refractivity contribution is 0.520. The molecule has 2 aromatic carbocycles. The highest BCUT2D eigenvalue weighted by atomic mass is 32.2. The van der Waals surface area contributed by atoms with Crippen molar-refractivity contribution in [3.8, 4) is 22.3 Å². The third-order valence-electron chi connectivity index (χ3n) is 9.65. The van der Waals surface area contributed by atoms with Crippen LogP contribution >= 0.6 is 11.8 Å². The van der Waals surface area contributed by atoms with Crippen LogP contribution < -0.4 is 10.6 Å². The Labute approximate surface area is 370 Å². The van der Waals surface area contributed by atoms with Crippen LogP contribution in [0.25, 0.3) is 22.3 Å². The maximum Gasteiger partial charge on any atom is 0.247 e. The third kappa shape index (κ3) is 10.7. The minimum Gasteiger partial charge on any atom is -0.324 e. The quantitative estimate of drug-likeness (QED) is 0.0811. The lowest BCUT2D eigenvalue weighted by atomic mass is 9.94. The monoisotopic (exact) mass is 890 g/mol. The molecule has 1 atom stereocenters. The van der Waals surface area contributed by atoms with Crippen LogP contribution in [0.1, 0.15) is 90.4 Å². The molecule has 0 spiro atoms. The van der Waals surface area contributed by atoms with Gasteiger partial charge in [-0.2, -0.15) is 20.2 Å². The first-order valence-electron chi connectivity index (χ1n) is 20.3. The molecule has 0 aliphatic heterocycles. The van der Waals surface area contributed by atoms with Crippen LogP contribution in [-0.4, -0.2) is 64.1 Å². The van der Waals surface area contributed by atoms with Crippen molar-refractivity contribution >= 4 is 45.8 Å². The van der Waals surface area contributed by atoms with Gasteiger partial charge in [0.05, 0.1) is 11.4 Å². The molecular formula is C44H48F2N14OS2. The second-order valence-corrected chi connectivity index (χ2v) is 18.0. The van der Waals surface area contributed by atoms with Crippen LogP contribution in [0.15, 0.2) is 118 Å². The SMILES string of the molecule is CC(C)c1cc(F)cc(-c2cccnc2)c1Nc1n[nH]c(S(=O)c2ccn(C(C)C)n2)n1.CC(C)c1cc(F)cc(-c2cccnc2)c1Nc1nc(Sc2ccn(C(C)C)n2)n[nH]1. The summed E-state index contributed by atoms with van der Waals surface area (Å²) < 4.78 is 45.3. The summed E-state index contributed by atoms with van der Waals surface area (Å²) in [4.78, 5) is 17.2. The molecule has 0 bridgehead atoms. The number of anilines is 4. The van der Waals surface area contributed by atoms with Gasteiger partial charge in [-0.3, -0.25) is 19.3 Å². The zero-order chi connectivity index (χ0) is 44.8. The number of H-pyrrole nitrogens is 2. The Bertz CT molecular complexity index is 2800. The van der Waals surface area contributed by atoms with E-state index in [0.29, 0.717) is 27.4 Å². The second-order valence-electron chi connectivity index (χ2n) is 15.6. The summed E-state index contributed by atoms with van der Waals surface area (Å²) in [6, 6.07) is 17.5. The normalized spacial score (nSPS) is 12.0. The summed E-state index contributed by atoms with van der Waals surface area (Å²) in [5.41, 5.74) is 6.01. The molecule has 0 fully saturated rings. The Hall–Kier alpha value is -6.60. The molecule has 8 aromatic rings. The summed E-state index contributed by atoms with van der Waals surface area (Å²) in [5.74, 6) is 0.222. The van der Waals surface area contributed by atoms with Crippen LogP contribution in [0.3, 0.4) is 0 Å². The number of rotatable bonds is 14. The fraction of sp³-hybridized carbons (Fsp3) is 0.273. The second kappa shape index (κ2) is 19.6. The van der Waals surface area contributed by atoms with Crippen LogP contribution in [-0.2, 0) is 10.8 Å². The van der Waals surface area contributed by atoms with Crippen LogP contribution in [0.4, 0.5) is 32.1 Å². The Morgan fingerprint density at radius 3 is 1.78 bits per heavy atom. The lowest BCUT2D eigenvalue weighted by Gasteiger charge is -2.18. The molecule has 4 N–H and O–H groups in total. The van der Waals surface area contributed by atoms with Gasteiger partial charge in [-0.05, 0) is 111 Å². The fourth-order valence-electron chi connectivity index (χ4n) is 6.47. The predicted octanol–water partition coefficient (Wildman–Crippen LogP) is 10.6. The fourth-order valence-corrected chi connectivity index (χ4v) is 8.00. The zero-order valence-electron chi connectivity index (χ0n) is 36.0. The van der Waals surface area contributed by atoms with E-state index in [0.717, 1.165) is 38.5 Å². The van der Waals surface area contributed by atoms with Crippen LogP contribution in [0.5, 0.6) is 0 Å². The minimum atomic E-state index is -1.61. The molecule has 19 heteroatoms. The van der Waals surface area contributed by atoms with E-state index in [1.165, 1.54) is 30.0 Å². The van der Waals surface area contributed by atoms with E-state index < -0.39 is 10.8 Å². The van der Waals surface area contributed by atoms with E-state index in [9.17, 15) is 13.0 Å². The first kappa shape index (κ1) is 44.5. The summed E-state index contributed by atoms with van der Waals surface area (Å²) in [5, 5.41) is 31.4. The van der Waals surface area contributed by atoms with Gasteiger partial charge in [-0.15, -0.1) is 10.2 Å². The summed E-state index contributed by atoms with van der Waals surface area (Å²) in [6.45, 7) is 16.2. The number of nitrogens with zero attached hydrogens (tertiary/aromatic N) is 10. The maximum absolute atomic E-state index is 14.4. The topological polar surface area (TPSA) is 186 Å². The first-order valence-corrected chi connectivity index (χ1v) is 22.3. The van der Waals surface area contributed by atoms with Crippen molar-refractivity contribution in [2.24, 2.45) is 0 Å². The van der Waals surface area contributed by atoms with Crippen molar-refractivity contribution < 1.29 is 13.0 Å². The van der Waals surface area contributed by atoms with E-state index in [2.05, 4.69) is 75.0 Å². The van der Waals surface area contributed by atoms with Gasteiger partial charge in [0.15, 0.2) is 5.03 Å². The van der Waals surface area contributed by atoms with Gasteiger partial charge in [0.1, 0.15) is 27.5 Å². The highest BCUT2D eigenvalue weighted by molar-refractivity contribution is 7.99. The van der Waals surface area contributed by atoms with E-state index in [1.807, 2.05) is 76.7 Å². The molecule has 0 amide bonds. The van der Waals surface area contributed by atoms with Gasteiger partial charge in [0.25, 0.3) is 0 Å². The number of aromatic amines is 2. The highest BCUT2D eigenvalue weighted by Crippen LogP contribution is 2.39. The predicted molar refractivity (Wildman–Crippen MR) is 241 cm³/mol.